The maximum absolute atomic E-state index is 14.1. The molecule has 5 rings (SSSR count). The Kier molecular flexibility index (Phi) is 6.70. The van der Waals surface area contributed by atoms with Crippen LogP contribution in [0.15, 0.2) is 63.8 Å². The van der Waals surface area contributed by atoms with Crippen molar-refractivity contribution in [1.82, 2.24) is 4.90 Å². The molecule has 0 radical (unpaired) electrons. The number of hydrogen-bond acceptors (Lipinski definition) is 6. The van der Waals surface area contributed by atoms with Crippen LogP contribution in [-0.2, 0) is 19.3 Å². The Hall–Kier alpha value is -3.40. The van der Waals surface area contributed by atoms with E-state index in [1.807, 2.05) is 4.90 Å². The highest BCUT2D eigenvalue weighted by Crippen LogP contribution is 2.41. The number of benzene rings is 3. The molecule has 1 aliphatic rings. The third kappa shape index (κ3) is 5.07. The topological polar surface area (TPSA) is 61.1 Å². The van der Waals surface area contributed by atoms with Crippen molar-refractivity contribution in [2.24, 2.45) is 0 Å². The van der Waals surface area contributed by atoms with Crippen molar-refractivity contribution in [1.29, 1.82) is 0 Å². The fourth-order valence-electron chi connectivity index (χ4n) is 4.05. The molecule has 0 bridgehead atoms. The molecule has 11 heteroatoms. The normalized spacial score (nSPS) is 13.8. The predicted octanol–water partition coefficient (Wildman–Crippen LogP) is 7.27. The van der Waals surface area contributed by atoms with E-state index in [0.717, 1.165) is 5.56 Å². The number of methoxy groups -OCH3 is 1. The summed E-state index contributed by atoms with van der Waals surface area (Å²) in [4.78, 5) is 15.1. The van der Waals surface area contributed by atoms with Crippen molar-refractivity contribution in [3.8, 4) is 23.0 Å². The largest absolute Gasteiger partial charge is 0.497 e. The van der Waals surface area contributed by atoms with E-state index in [1.54, 1.807) is 24.3 Å². The smallest absolute Gasteiger partial charge is 0.453 e. The first-order chi connectivity index (χ1) is 17.6. The molecule has 0 atom stereocenters. The van der Waals surface area contributed by atoms with Gasteiger partial charge in [0.05, 0.1) is 28.1 Å². The third-order valence-electron chi connectivity index (χ3n) is 5.77. The summed E-state index contributed by atoms with van der Waals surface area (Å²) in [5.41, 5.74) is -0.0279. The van der Waals surface area contributed by atoms with Crippen LogP contribution in [0.25, 0.3) is 11.0 Å². The highest BCUT2D eigenvalue weighted by atomic mass is 35.5. The summed E-state index contributed by atoms with van der Waals surface area (Å²) < 4.78 is 63.8. The summed E-state index contributed by atoms with van der Waals surface area (Å²) in [5.74, 6) is -1.83. The van der Waals surface area contributed by atoms with Crippen molar-refractivity contribution in [2.75, 3.05) is 13.8 Å². The Balaban J connectivity index is 1.57. The van der Waals surface area contributed by atoms with Gasteiger partial charge in [-0.05, 0) is 42.0 Å². The van der Waals surface area contributed by atoms with Crippen molar-refractivity contribution >= 4 is 34.2 Å². The second kappa shape index (κ2) is 9.81. The maximum atomic E-state index is 14.1. The van der Waals surface area contributed by atoms with Gasteiger partial charge in [0.15, 0.2) is 0 Å². The monoisotopic (exact) mass is 551 g/mol. The van der Waals surface area contributed by atoms with Crippen LogP contribution >= 0.6 is 23.2 Å². The zero-order valence-corrected chi connectivity index (χ0v) is 20.7. The van der Waals surface area contributed by atoms with Gasteiger partial charge in [0.1, 0.15) is 29.6 Å². The zero-order valence-electron chi connectivity index (χ0n) is 19.2. The van der Waals surface area contributed by atoms with Crippen LogP contribution in [0, 0.1) is 0 Å². The lowest BCUT2D eigenvalue weighted by atomic mass is 10.1. The lowest BCUT2D eigenvalue weighted by Gasteiger charge is -2.29. The Morgan fingerprint density at radius 1 is 1.03 bits per heavy atom. The van der Waals surface area contributed by atoms with Crippen LogP contribution in [0.4, 0.5) is 13.2 Å². The average Bonchev–Trinajstić information content (AvgIpc) is 2.87. The van der Waals surface area contributed by atoms with Crippen LogP contribution in [-0.4, -0.2) is 18.7 Å². The highest BCUT2D eigenvalue weighted by Gasteiger charge is 2.41. The summed E-state index contributed by atoms with van der Waals surface area (Å²) in [6, 6.07) is 14.0. The lowest BCUT2D eigenvalue weighted by molar-refractivity contribution is -0.154. The second-order valence-corrected chi connectivity index (χ2v) is 9.11. The minimum atomic E-state index is -5.00. The van der Waals surface area contributed by atoms with Gasteiger partial charge in [-0.15, -0.1) is 0 Å². The predicted molar refractivity (Wildman–Crippen MR) is 132 cm³/mol. The van der Waals surface area contributed by atoms with Gasteiger partial charge in [0.25, 0.3) is 5.76 Å². The van der Waals surface area contributed by atoms with Crippen molar-refractivity contribution in [3.63, 3.8) is 0 Å². The van der Waals surface area contributed by atoms with E-state index in [0.29, 0.717) is 33.7 Å². The first-order valence-electron chi connectivity index (χ1n) is 10.9. The standard InChI is InChI=1S/C26H18Cl2F3NO5/c1-34-15-3-2-4-16(10-15)36-24-22(33)17-6-8-21-18(23(17)37-25(24)26(29,30)31)12-32(13-35-21)11-14-5-7-19(27)20(28)9-14/h2-10H,11-13H2,1H3. The molecule has 0 saturated heterocycles. The molecular weight excluding hydrogens is 534 g/mol. The second-order valence-electron chi connectivity index (χ2n) is 8.30. The van der Waals surface area contributed by atoms with Gasteiger partial charge >= 0.3 is 6.18 Å². The van der Waals surface area contributed by atoms with Gasteiger partial charge in [0.2, 0.25) is 11.2 Å². The molecule has 6 nitrogen and oxygen atoms in total. The minimum absolute atomic E-state index is 0.00871. The van der Waals surface area contributed by atoms with Gasteiger partial charge in [-0.3, -0.25) is 9.69 Å². The van der Waals surface area contributed by atoms with Crippen LogP contribution in [0.3, 0.4) is 0 Å². The van der Waals surface area contributed by atoms with Crippen molar-refractivity contribution in [3.05, 3.63) is 91.8 Å². The van der Waals surface area contributed by atoms with Gasteiger partial charge in [-0.25, -0.2) is 0 Å². The summed E-state index contributed by atoms with van der Waals surface area (Å²) in [6.45, 7) is 0.718. The molecule has 2 heterocycles. The first-order valence-corrected chi connectivity index (χ1v) is 11.7. The zero-order chi connectivity index (χ0) is 26.3. The molecule has 37 heavy (non-hydrogen) atoms. The van der Waals surface area contributed by atoms with Gasteiger partial charge in [-0.1, -0.05) is 35.3 Å². The first kappa shape index (κ1) is 25.3. The number of halogens is 5. The molecule has 0 saturated carbocycles. The molecule has 0 fully saturated rings. The fraction of sp³-hybridized carbons (Fsp3) is 0.192. The number of hydrogen-bond donors (Lipinski definition) is 0. The molecule has 0 aliphatic carbocycles. The molecule has 1 aromatic heterocycles. The van der Waals surface area contributed by atoms with Crippen LogP contribution in [0.1, 0.15) is 16.9 Å². The number of ether oxygens (including phenoxy) is 3. The minimum Gasteiger partial charge on any atom is -0.497 e. The van der Waals surface area contributed by atoms with Crippen LogP contribution in [0.5, 0.6) is 23.0 Å². The van der Waals surface area contributed by atoms with Crippen LogP contribution < -0.4 is 19.6 Å². The molecule has 3 aromatic carbocycles. The van der Waals surface area contributed by atoms with E-state index in [9.17, 15) is 18.0 Å². The van der Waals surface area contributed by atoms with E-state index < -0.39 is 23.1 Å². The molecule has 0 unspecified atom stereocenters. The Bertz CT molecular complexity index is 1550. The van der Waals surface area contributed by atoms with E-state index in [1.165, 1.54) is 37.4 Å². The molecular formula is C26H18Cl2F3NO5. The molecule has 0 N–H and O–H groups in total. The fourth-order valence-corrected chi connectivity index (χ4v) is 4.37. The molecule has 1 aliphatic heterocycles. The van der Waals surface area contributed by atoms with Gasteiger partial charge < -0.3 is 18.6 Å². The number of fused-ring (bicyclic) bond motifs is 3. The summed E-state index contributed by atoms with van der Waals surface area (Å²) in [7, 11) is 1.40. The van der Waals surface area contributed by atoms with Crippen molar-refractivity contribution in [2.45, 2.75) is 19.3 Å². The SMILES string of the molecule is COc1cccc(Oc2c(C(F)(F)F)oc3c4c(ccc3c2=O)OCN(Cc2ccc(Cl)c(Cl)c2)C4)c1. The molecule has 4 aromatic rings. The number of alkyl halides is 3. The van der Waals surface area contributed by atoms with E-state index in [2.05, 4.69) is 0 Å². The van der Waals surface area contributed by atoms with Crippen LogP contribution in [0.2, 0.25) is 10.0 Å². The Morgan fingerprint density at radius 2 is 1.81 bits per heavy atom. The summed E-state index contributed by atoms with van der Waals surface area (Å²) in [6.07, 6.45) is -5.00. The van der Waals surface area contributed by atoms with Gasteiger partial charge in [-0.2, -0.15) is 13.2 Å². The Labute approximate surface area is 218 Å². The summed E-state index contributed by atoms with van der Waals surface area (Å²) in [5, 5.41) is 0.724. The van der Waals surface area contributed by atoms with E-state index >= 15 is 0 Å². The summed E-state index contributed by atoms with van der Waals surface area (Å²) >= 11 is 12.1. The average molecular weight is 552 g/mol. The maximum Gasteiger partial charge on any atom is 0.453 e. The number of nitrogens with zero attached hydrogens (tertiary/aromatic N) is 1. The molecule has 0 spiro atoms. The molecule has 0 amide bonds. The van der Waals surface area contributed by atoms with E-state index in [-0.39, 0.29) is 30.0 Å². The number of rotatable bonds is 5. The Morgan fingerprint density at radius 3 is 2.54 bits per heavy atom. The van der Waals surface area contributed by atoms with E-state index in [4.69, 9.17) is 41.8 Å². The van der Waals surface area contributed by atoms with Gasteiger partial charge in [0, 0.05) is 19.2 Å². The van der Waals surface area contributed by atoms with Crippen molar-refractivity contribution < 1.29 is 31.8 Å². The quantitative estimate of drug-likeness (QED) is 0.260. The lowest BCUT2D eigenvalue weighted by Crippen LogP contribution is -2.32. The highest BCUT2D eigenvalue weighted by molar-refractivity contribution is 6.42. The third-order valence-corrected chi connectivity index (χ3v) is 6.51. The molecule has 192 valence electrons.